The van der Waals surface area contributed by atoms with Gasteiger partial charge in [-0.25, -0.2) is 15.0 Å². The van der Waals surface area contributed by atoms with E-state index in [0.29, 0.717) is 17.5 Å². The Morgan fingerprint density at radius 2 is 0.736 bits per heavy atom. The van der Waals surface area contributed by atoms with Gasteiger partial charge in [0.15, 0.2) is 17.5 Å². The molecule has 0 N–H and O–H groups in total. The Bertz CT molecular complexity index is 2930. The molecule has 0 aliphatic heterocycles. The molecule has 8 aromatic carbocycles. The number of thiophene rings is 1. The van der Waals surface area contributed by atoms with Crippen molar-refractivity contribution in [3.63, 3.8) is 0 Å². The molecular weight excluding hydrogens is 663 g/mol. The lowest BCUT2D eigenvalue weighted by Crippen LogP contribution is -2.00. The van der Waals surface area contributed by atoms with Crippen molar-refractivity contribution in [3.05, 3.63) is 188 Å². The maximum absolute atomic E-state index is 5.08. The largest absolute Gasteiger partial charge is 0.208 e. The van der Waals surface area contributed by atoms with Crippen molar-refractivity contribution in [1.82, 2.24) is 15.0 Å². The summed E-state index contributed by atoms with van der Waals surface area (Å²) in [4.78, 5) is 15.2. The topological polar surface area (TPSA) is 38.7 Å². The number of hydrogen-bond donors (Lipinski definition) is 0. The van der Waals surface area contributed by atoms with Crippen LogP contribution in [0.2, 0.25) is 0 Å². The van der Waals surface area contributed by atoms with E-state index in [-0.39, 0.29) is 0 Å². The van der Waals surface area contributed by atoms with E-state index in [1.54, 1.807) is 0 Å². The van der Waals surface area contributed by atoms with Crippen LogP contribution in [0.3, 0.4) is 0 Å². The number of fused-ring (bicyclic) bond motifs is 4. The molecule has 0 unspecified atom stereocenters. The first-order chi connectivity index (χ1) is 26.2. The highest BCUT2D eigenvalue weighted by molar-refractivity contribution is 7.25. The summed E-state index contributed by atoms with van der Waals surface area (Å²) in [6.07, 6.45) is 0. The van der Waals surface area contributed by atoms with Crippen LogP contribution in [-0.2, 0) is 0 Å². The standard InChI is InChI=1S/C49H31N3S/c1-2-9-32(10-3-1)39-13-8-14-42(30-39)49-51-47(36-22-17-34(18-23-36)40-26-21-33-11-4-5-12-38(33)29-40)50-48(52-49)37-24-19-35(20-25-37)41-27-28-44-43-15-6-7-16-45(43)53-46(44)31-41/h1-31H. The molecule has 0 aliphatic carbocycles. The second kappa shape index (κ2) is 13.1. The summed E-state index contributed by atoms with van der Waals surface area (Å²) in [5, 5.41) is 5.08. The summed E-state index contributed by atoms with van der Waals surface area (Å²) in [6, 6.07) is 66.4. The molecule has 0 radical (unpaired) electrons. The van der Waals surface area contributed by atoms with Crippen LogP contribution in [0.15, 0.2) is 188 Å². The number of hydrogen-bond acceptors (Lipinski definition) is 4. The highest BCUT2D eigenvalue weighted by Crippen LogP contribution is 2.37. The average molecular weight is 694 g/mol. The van der Waals surface area contributed by atoms with Crippen LogP contribution in [0.1, 0.15) is 0 Å². The lowest BCUT2D eigenvalue weighted by atomic mass is 10.00. The third kappa shape index (κ3) is 5.95. The number of benzene rings is 8. The SMILES string of the molecule is c1ccc(-c2cccc(-c3nc(-c4ccc(-c5ccc6ccccc6c5)cc4)nc(-c4ccc(-c5ccc6c(c5)sc5ccccc56)cc4)n3)c2)cc1. The van der Waals surface area contributed by atoms with Crippen LogP contribution in [0.25, 0.3) is 98.5 Å². The number of rotatable bonds is 6. The Kier molecular flexibility index (Phi) is 7.67. The summed E-state index contributed by atoms with van der Waals surface area (Å²) in [5.41, 5.74) is 9.76. The minimum Gasteiger partial charge on any atom is -0.208 e. The van der Waals surface area contributed by atoms with Crippen LogP contribution in [0, 0.1) is 0 Å². The normalized spacial score (nSPS) is 11.4. The second-order valence-electron chi connectivity index (χ2n) is 13.3. The van der Waals surface area contributed by atoms with Crippen LogP contribution in [-0.4, -0.2) is 15.0 Å². The summed E-state index contributed by atoms with van der Waals surface area (Å²) in [5.74, 6) is 1.92. The van der Waals surface area contributed by atoms with E-state index in [1.165, 1.54) is 42.1 Å². The molecule has 0 atom stereocenters. The van der Waals surface area contributed by atoms with Crippen molar-refractivity contribution in [2.24, 2.45) is 0 Å². The van der Waals surface area contributed by atoms with Gasteiger partial charge in [0.2, 0.25) is 0 Å². The quantitative estimate of drug-likeness (QED) is 0.174. The highest BCUT2D eigenvalue weighted by Gasteiger charge is 2.14. The van der Waals surface area contributed by atoms with Crippen LogP contribution in [0.5, 0.6) is 0 Å². The van der Waals surface area contributed by atoms with Crippen molar-refractivity contribution in [2.75, 3.05) is 0 Å². The lowest BCUT2D eigenvalue weighted by Gasteiger charge is -2.11. The van der Waals surface area contributed by atoms with Gasteiger partial charge in [0.05, 0.1) is 0 Å². The number of aromatic nitrogens is 3. The fourth-order valence-electron chi connectivity index (χ4n) is 7.13. The maximum Gasteiger partial charge on any atom is 0.164 e. The van der Waals surface area contributed by atoms with Gasteiger partial charge in [0.1, 0.15) is 0 Å². The summed E-state index contributed by atoms with van der Waals surface area (Å²) in [6.45, 7) is 0. The van der Waals surface area contributed by atoms with E-state index in [9.17, 15) is 0 Å². The maximum atomic E-state index is 5.08. The molecular formula is C49H31N3S. The Morgan fingerprint density at radius 3 is 1.47 bits per heavy atom. The minimum atomic E-state index is 0.638. The van der Waals surface area contributed by atoms with Crippen molar-refractivity contribution in [1.29, 1.82) is 0 Å². The van der Waals surface area contributed by atoms with Gasteiger partial charge in [-0.05, 0) is 68.4 Å². The molecule has 2 aromatic heterocycles. The minimum absolute atomic E-state index is 0.638. The molecule has 10 rings (SSSR count). The van der Waals surface area contributed by atoms with Gasteiger partial charge in [0.25, 0.3) is 0 Å². The zero-order valence-electron chi connectivity index (χ0n) is 28.6. The monoisotopic (exact) mass is 693 g/mol. The fraction of sp³-hybridized carbons (Fsp3) is 0. The Hall–Kier alpha value is -6.75. The molecule has 0 fully saturated rings. The van der Waals surface area contributed by atoms with Gasteiger partial charge < -0.3 is 0 Å². The zero-order valence-corrected chi connectivity index (χ0v) is 29.5. The van der Waals surface area contributed by atoms with Crippen molar-refractivity contribution < 1.29 is 0 Å². The molecule has 2 heterocycles. The Morgan fingerprint density at radius 1 is 0.264 bits per heavy atom. The first-order valence-corrected chi connectivity index (χ1v) is 18.6. The van der Waals surface area contributed by atoms with E-state index >= 15 is 0 Å². The molecule has 0 saturated heterocycles. The predicted octanol–water partition coefficient (Wildman–Crippen LogP) is 13.4. The molecule has 248 valence electrons. The average Bonchev–Trinajstić information content (AvgIpc) is 3.62. The first-order valence-electron chi connectivity index (χ1n) is 17.8. The molecule has 53 heavy (non-hydrogen) atoms. The van der Waals surface area contributed by atoms with Gasteiger partial charge in [-0.1, -0.05) is 164 Å². The summed E-state index contributed by atoms with van der Waals surface area (Å²) in [7, 11) is 0. The first kappa shape index (κ1) is 31.0. The van der Waals surface area contributed by atoms with E-state index in [1.807, 2.05) is 17.4 Å². The third-order valence-corrected chi connectivity index (χ3v) is 11.1. The molecule has 4 heteroatoms. The van der Waals surface area contributed by atoms with Crippen LogP contribution in [0.4, 0.5) is 0 Å². The third-order valence-electron chi connectivity index (χ3n) is 9.94. The molecule has 0 amide bonds. The van der Waals surface area contributed by atoms with Gasteiger partial charge in [-0.15, -0.1) is 11.3 Å². The zero-order chi connectivity index (χ0) is 35.1. The molecule has 0 spiro atoms. The molecule has 10 aromatic rings. The molecule has 0 saturated carbocycles. The van der Waals surface area contributed by atoms with E-state index in [0.717, 1.165) is 38.9 Å². The van der Waals surface area contributed by atoms with E-state index in [4.69, 9.17) is 15.0 Å². The van der Waals surface area contributed by atoms with Crippen molar-refractivity contribution in [2.45, 2.75) is 0 Å². The molecule has 0 aliphatic rings. The molecule has 3 nitrogen and oxygen atoms in total. The Balaban J connectivity index is 1.04. The fourth-order valence-corrected chi connectivity index (χ4v) is 8.27. The van der Waals surface area contributed by atoms with Gasteiger partial charge >= 0.3 is 0 Å². The van der Waals surface area contributed by atoms with Gasteiger partial charge in [0, 0.05) is 36.9 Å². The number of nitrogens with zero attached hydrogens (tertiary/aromatic N) is 3. The van der Waals surface area contributed by atoms with Crippen LogP contribution >= 0.6 is 11.3 Å². The van der Waals surface area contributed by atoms with E-state index < -0.39 is 0 Å². The van der Waals surface area contributed by atoms with E-state index in [2.05, 4.69) is 182 Å². The Labute approximate surface area is 311 Å². The van der Waals surface area contributed by atoms with Gasteiger partial charge in [-0.3, -0.25) is 0 Å². The molecule has 0 bridgehead atoms. The summed E-state index contributed by atoms with van der Waals surface area (Å²) < 4.78 is 2.61. The lowest BCUT2D eigenvalue weighted by molar-refractivity contribution is 1.07. The second-order valence-corrected chi connectivity index (χ2v) is 14.4. The highest BCUT2D eigenvalue weighted by atomic mass is 32.1. The smallest absolute Gasteiger partial charge is 0.164 e. The van der Waals surface area contributed by atoms with Crippen LogP contribution < -0.4 is 0 Å². The van der Waals surface area contributed by atoms with Crippen molar-refractivity contribution >= 4 is 42.3 Å². The van der Waals surface area contributed by atoms with Gasteiger partial charge in [-0.2, -0.15) is 0 Å². The van der Waals surface area contributed by atoms with Crippen molar-refractivity contribution in [3.8, 4) is 67.5 Å². The predicted molar refractivity (Wildman–Crippen MR) is 223 cm³/mol. The summed E-state index contributed by atoms with van der Waals surface area (Å²) >= 11 is 1.84.